The Morgan fingerprint density at radius 1 is 1.11 bits per heavy atom. The van der Waals surface area contributed by atoms with Crippen LogP contribution in [0.1, 0.15) is 38.3 Å². The van der Waals surface area contributed by atoms with E-state index >= 15 is 0 Å². The van der Waals surface area contributed by atoms with Gasteiger partial charge in [-0.1, -0.05) is 44.4 Å². The second-order valence-corrected chi connectivity index (χ2v) is 4.56. The third-order valence-corrected chi connectivity index (χ3v) is 2.96. The lowest BCUT2D eigenvalue weighted by Crippen LogP contribution is -1.92. The molecule has 18 heavy (non-hydrogen) atoms. The number of hydrogen-bond donors (Lipinski definition) is 2. The van der Waals surface area contributed by atoms with E-state index in [-0.39, 0.29) is 0 Å². The lowest BCUT2D eigenvalue weighted by atomic mass is 10.1. The maximum Gasteiger partial charge on any atom is 0.204 e. The van der Waals surface area contributed by atoms with Crippen LogP contribution in [0.25, 0.3) is 0 Å². The quantitative estimate of drug-likeness (QED) is 0.713. The first kappa shape index (κ1) is 12.7. The van der Waals surface area contributed by atoms with Crippen molar-refractivity contribution in [2.75, 3.05) is 5.32 Å². The molecule has 2 rings (SSSR count). The van der Waals surface area contributed by atoms with Crippen LogP contribution >= 0.6 is 0 Å². The molecule has 0 fully saturated rings. The van der Waals surface area contributed by atoms with Crippen LogP contribution in [0.15, 0.2) is 36.5 Å². The van der Waals surface area contributed by atoms with Crippen molar-refractivity contribution in [1.82, 2.24) is 9.97 Å². The number of nitrogens with zero attached hydrogens (tertiary/aromatic N) is 1. The molecule has 0 saturated heterocycles. The molecular weight excluding hydrogens is 222 g/mol. The van der Waals surface area contributed by atoms with Gasteiger partial charge in [0.25, 0.3) is 0 Å². The topological polar surface area (TPSA) is 40.7 Å². The average Bonchev–Trinajstić information content (AvgIpc) is 2.84. The van der Waals surface area contributed by atoms with Crippen molar-refractivity contribution < 1.29 is 0 Å². The molecule has 0 radical (unpaired) electrons. The number of aromatic amines is 1. The Morgan fingerprint density at radius 2 is 1.94 bits per heavy atom. The molecule has 0 bridgehead atoms. The maximum atomic E-state index is 4.34. The zero-order valence-electron chi connectivity index (χ0n) is 10.9. The van der Waals surface area contributed by atoms with Crippen molar-refractivity contribution in [1.29, 1.82) is 0 Å². The van der Waals surface area contributed by atoms with Crippen LogP contribution in [0, 0.1) is 0 Å². The van der Waals surface area contributed by atoms with Crippen LogP contribution in [0.2, 0.25) is 0 Å². The summed E-state index contributed by atoms with van der Waals surface area (Å²) in [4.78, 5) is 7.66. The number of anilines is 2. The molecule has 0 saturated carbocycles. The molecule has 1 heterocycles. The molecule has 0 aliphatic carbocycles. The fraction of sp³-hybridized carbons (Fsp3) is 0.400. The maximum absolute atomic E-state index is 4.34. The number of imidazole rings is 1. The average molecular weight is 243 g/mol. The predicted molar refractivity (Wildman–Crippen MR) is 76.2 cm³/mol. The Labute approximate surface area is 109 Å². The van der Waals surface area contributed by atoms with Gasteiger partial charge in [0.15, 0.2) is 0 Å². The minimum atomic E-state index is 0.826. The lowest BCUT2D eigenvalue weighted by molar-refractivity contribution is 0.662. The Hall–Kier alpha value is -1.77. The zero-order chi connectivity index (χ0) is 12.6. The fourth-order valence-corrected chi connectivity index (χ4v) is 1.95. The van der Waals surface area contributed by atoms with Crippen LogP contribution < -0.4 is 5.32 Å². The second kappa shape index (κ2) is 6.84. The van der Waals surface area contributed by atoms with E-state index in [1.807, 2.05) is 36.5 Å². The van der Waals surface area contributed by atoms with Gasteiger partial charge in [0.05, 0.1) is 6.20 Å². The van der Waals surface area contributed by atoms with Gasteiger partial charge in [-0.15, -0.1) is 0 Å². The van der Waals surface area contributed by atoms with Crippen molar-refractivity contribution >= 4 is 11.6 Å². The molecule has 1 aromatic heterocycles. The highest BCUT2D eigenvalue weighted by molar-refractivity contribution is 5.52. The van der Waals surface area contributed by atoms with Crippen LogP contribution in [-0.4, -0.2) is 9.97 Å². The summed E-state index contributed by atoms with van der Waals surface area (Å²) >= 11 is 0. The normalized spacial score (nSPS) is 10.5. The third-order valence-electron chi connectivity index (χ3n) is 2.96. The van der Waals surface area contributed by atoms with Gasteiger partial charge >= 0.3 is 0 Å². The Bertz CT molecular complexity index is 448. The molecule has 0 amide bonds. The van der Waals surface area contributed by atoms with Gasteiger partial charge in [0, 0.05) is 11.4 Å². The summed E-state index contributed by atoms with van der Waals surface area (Å²) in [6, 6.07) is 10.1. The number of unbranched alkanes of at least 4 members (excludes halogenated alkanes) is 3. The molecule has 0 atom stereocenters. The summed E-state index contributed by atoms with van der Waals surface area (Å²) in [5.74, 6) is 0.826. The highest BCUT2D eigenvalue weighted by Gasteiger charge is 2.00. The van der Waals surface area contributed by atoms with E-state index in [0.717, 1.165) is 18.1 Å². The number of aromatic nitrogens is 2. The third kappa shape index (κ3) is 3.91. The molecule has 1 aromatic carbocycles. The summed E-state index contributed by atoms with van der Waals surface area (Å²) < 4.78 is 0. The number of hydrogen-bond acceptors (Lipinski definition) is 2. The van der Waals surface area contributed by atoms with Gasteiger partial charge in [-0.05, 0) is 25.0 Å². The molecule has 0 spiro atoms. The minimum absolute atomic E-state index is 0.826. The summed E-state index contributed by atoms with van der Waals surface area (Å²) in [6.07, 6.45) is 8.16. The van der Waals surface area contributed by atoms with Crippen molar-refractivity contribution in [2.45, 2.75) is 39.0 Å². The first-order valence-corrected chi connectivity index (χ1v) is 6.74. The van der Waals surface area contributed by atoms with E-state index in [9.17, 15) is 0 Å². The van der Waals surface area contributed by atoms with Crippen molar-refractivity contribution in [3.63, 3.8) is 0 Å². The summed E-state index contributed by atoms with van der Waals surface area (Å²) in [7, 11) is 0. The van der Waals surface area contributed by atoms with Crippen molar-refractivity contribution in [3.05, 3.63) is 42.2 Å². The zero-order valence-corrected chi connectivity index (χ0v) is 10.9. The van der Waals surface area contributed by atoms with Crippen LogP contribution in [-0.2, 0) is 6.42 Å². The van der Waals surface area contributed by atoms with Crippen molar-refractivity contribution in [3.8, 4) is 0 Å². The lowest BCUT2D eigenvalue weighted by Gasteiger charge is -2.01. The molecule has 2 N–H and O–H groups in total. The van der Waals surface area contributed by atoms with Crippen molar-refractivity contribution in [2.24, 2.45) is 0 Å². The number of para-hydroxylation sites is 1. The molecule has 3 nitrogen and oxygen atoms in total. The van der Waals surface area contributed by atoms with E-state index in [1.54, 1.807) is 0 Å². The number of benzene rings is 1. The van der Waals surface area contributed by atoms with E-state index < -0.39 is 0 Å². The predicted octanol–water partition coefficient (Wildman–Crippen LogP) is 4.28. The molecule has 96 valence electrons. The number of aryl methyl sites for hydroxylation is 1. The SMILES string of the molecule is CCCCCCc1cnc(Nc2ccccc2)[nH]1. The van der Waals surface area contributed by atoms with Gasteiger partial charge in [-0.25, -0.2) is 4.98 Å². The Balaban J connectivity index is 1.83. The second-order valence-electron chi connectivity index (χ2n) is 4.56. The number of rotatable bonds is 7. The van der Waals surface area contributed by atoms with E-state index in [2.05, 4.69) is 22.2 Å². The smallest absolute Gasteiger partial charge is 0.204 e. The standard InChI is InChI=1S/C15H21N3/c1-2-3-4-6-11-14-12-16-15(18-14)17-13-9-7-5-8-10-13/h5,7-10,12H,2-4,6,11H2,1H3,(H2,16,17,18). The van der Waals surface area contributed by atoms with Gasteiger partial charge in [-0.3, -0.25) is 0 Å². The molecule has 0 unspecified atom stereocenters. The van der Waals surface area contributed by atoms with E-state index in [1.165, 1.54) is 31.4 Å². The number of H-pyrrole nitrogens is 1. The molecule has 0 aliphatic rings. The van der Waals surface area contributed by atoms with Crippen LogP contribution in [0.3, 0.4) is 0 Å². The van der Waals surface area contributed by atoms with Gasteiger partial charge < -0.3 is 10.3 Å². The van der Waals surface area contributed by atoms with E-state index in [4.69, 9.17) is 0 Å². The Kier molecular flexibility index (Phi) is 4.82. The highest BCUT2D eigenvalue weighted by atomic mass is 15.1. The molecule has 0 aliphatic heterocycles. The van der Waals surface area contributed by atoms with Gasteiger partial charge in [0.1, 0.15) is 0 Å². The first-order chi connectivity index (χ1) is 8.88. The molecular formula is C15H21N3. The van der Waals surface area contributed by atoms with Crippen LogP contribution in [0.5, 0.6) is 0 Å². The summed E-state index contributed by atoms with van der Waals surface area (Å²) in [6.45, 7) is 2.23. The first-order valence-electron chi connectivity index (χ1n) is 6.74. The fourth-order valence-electron chi connectivity index (χ4n) is 1.95. The number of nitrogens with one attached hydrogen (secondary N) is 2. The van der Waals surface area contributed by atoms with Gasteiger partial charge in [-0.2, -0.15) is 0 Å². The minimum Gasteiger partial charge on any atom is -0.328 e. The van der Waals surface area contributed by atoms with Crippen LogP contribution in [0.4, 0.5) is 11.6 Å². The van der Waals surface area contributed by atoms with Gasteiger partial charge in [0.2, 0.25) is 5.95 Å². The largest absolute Gasteiger partial charge is 0.328 e. The molecule has 2 aromatic rings. The summed E-state index contributed by atoms with van der Waals surface area (Å²) in [5.41, 5.74) is 2.27. The Morgan fingerprint density at radius 3 is 2.72 bits per heavy atom. The monoisotopic (exact) mass is 243 g/mol. The molecule has 3 heteroatoms. The summed E-state index contributed by atoms with van der Waals surface area (Å²) in [5, 5.41) is 3.26. The van der Waals surface area contributed by atoms with E-state index in [0.29, 0.717) is 0 Å². The highest BCUT2D eigenvalue weighted by Crippen LogP contribution is 2.13.